The summed E-state index contributed by atoms with van der Waals surface area (Å²) in [7, 11) is 0. The Kier molecular flexibility index (Phi) is 5.47. The molecular weight excluding hydrogens is 633 g/mol. The number of rotatable bonds is 3. The maximum atomic E-state index is 5.46. The van der Waals surface area contributed by atoms with Crippen LogP contribution in [0.3, 0.4) is 0 Å². The van der Waals surface area contributed by atoms with Crippen LogP contribution in [-0.2, 0) is 0 Å². The number of fused-ring (bicyclic) bond motifs is 13. The van der Waals surface area contributed by atoms with Crippen molar-refractivity contribution in [1.29, 1.82) is 0 Å². The minimum atomic E-state index is 0.665. The van der Waals surface area contributed by atoms with Gasteiger partial charge in [0, 0.05) is 43.3 Å². The molecule has 0 aliphatic rings. The standard InChI is InChI=1S/C48H28N4/c1-2-12-29(13-3-1)30-22-24-32(25-23-30)46-35-17-6-9-19-38(35)49-48(50-46)52-40-21-11-8-18-36(40)44-42(52)28-37-34-16-7-10-20-39(34)51-41-27-26-31-14-4-5-15-33(31)43(41)45(44)47(37)51/h1-28H. The molecule has 0 bridgehead atoms. The Morgan fingerprint density at radius 1 is 0.365 bits per heavy atom. The van der Waals surface area contributed by atoms with Crippen LogP contribution >= 0.6 is 0 Å². The number of para-hydroxylation sites is 3. The van der Waals surface area contributed by atoms with Gasteiger partial charge in [-0.15, -0.1) is 0 Å². The molecular formula is C48H28N4. The van der Waals surface area contributed by atoms with Crippen molar-refractivity contribution >= 4 is 81.6 Å². The van der Waals surface area contributed by atoms with Gasteiger partial charge in [0.1, 0.15) is 0 Å². The van der Waals surface area contributed by atoms with Gasteiger partial charge in [-0.1, -0.05) is 140 Å². The first kappa shape index (κ1) is 27.7. The zero-order valence-corrected chi connectivity index (χ0v) is 28.0. The second-order valence-corrected chi connectivity index (χ2v) is 13.8. The normalized spacial score (nSPS) is 12.2. The van der Waals surface area contributed by atoms with E-state index in [9.17, 15) is 0 Å². The molecule has 4 aromatic heterocycles. The number of nitrogens with zero attached hydrogens (tertiary/aromatic N) is 4. The van der Waals surface area contributed by atoms with Crippen LogP contribution in [0.25, 0.3) is 110 Å². The van der Waals surface area contributed by atoms with Gasteiger partial charge < -0.3 is 4.40 Å². The van der Waals surface area contributed by atoms with Crippen molar-refractivity contribution in [1.82, 2.24) is 18.9 Å². The Balaban J connectivity index is 1.23. The molecule has 52 heavy (non-hydrogen) atoms. The largest absolute Gasteiger partial charge is 0.308 e. The predicted molar refractivity (Wildman–Crippen MR) is 217 cm³/mol. The lowest BCUT2D eigenvalue weighted by atomic mass is 9.98. The first-order chi connectivity index (χ1) is 25.8. The second kappa shape index (κ2) is 10.3. The molecule has 4 heteroatoms. The SMILES string of the molecule is c1ccc(-c2ccc(-c3nc(-n4c5ccccc5c5c6c7c8ccccc8ccc7n7c8ccccc8c(cc54)c67)nc4ccccc34)cc2)cc1. The quantitative estimate of drug-likeness (QED) is 0.189. The van der Waals surface area contributed by atoms with Gasteiger partial charge in [-0.25, -0.2) is 9.97 Å². The summed E-state index contributed by atoms with van der Waals surface area (Å²) in [5.74, 6) is 0.665. The highest BCUT2D eigenvalue weighted by Gasteiger charge is 2.26. The molecule has 240 valence electrons. The molecule has 0 N–H and O–H groups in total. The van der Waals surface area contributed by atoms with Gasteiger partial charge in [0.2, 0.25) is 5.95 Å². The third-order valence-electron chi connectivity index (χ3n) is 11.0. The molecule has 4 nitrogen and oxygen atoms in total. The van der Waals surface area contributed by atoms with Crippen LogP contribution in [0.15, 0.2) is 170 Å². The van der Waals surface area contributed by atoms with E-state index in [1.165, 1.54) is 70.8 Å². The van der Waals surface area contributed by atoms with Crippen LogP contribution in [0.5, 0.6) is 0 Å². The molecule has 0 fully saturated rings. The van der Waals surface area contributed by atoms with E-state index in [0.717, 1.165) is 33.2 Å². The van der Waals surface area contributed by atoms with E-state index in [2.05, 4.69) is 179 Å². The summed E-state index contributed by atoms with van der Waals surface area (Å²) in [6.45, 7) is 0. The fourth-order valence-corrected chi connectivity index (χ4v) is 8.83. The van der Waals surface area contributed by atoms with Gasteiger partial charge >= 0.3 is 0 Å². The van der Waals surface area contributed by atoms with Crippen LogP contribution in [-0.4, -0.2) is 18.9 Å². The summed E-state index contributed by atoms with van der Waals surface area (Å²) >= 11 is 0. The lowest BCUT2D eigenvalue weighted by Crippen LogP contribution is -2.03. The highest BCUT2D eigenvalue weighted by Crippen LogP contribution is 2.48. The van der Waals surface area contributed by atoms with Crippen LogP contribution in [0.1, 0.15) is 0 Å². The molecule has 4 heterocycles. The van der Waals surface area contributed by atoms with Crippen molar-refractivity contribution in [3.8, 4) is 28.3 Å². The van der Waals surface area contributed by atoms with Crippen molar-refractivity contribution in [2.45, 2.75) is 0 Å². The van der Waals surface area contributed by atoms with E-state index in [4.69, 9.17) is 9.97 Å². The number of hydrogen-bond acceptors (Lipinski definition) is 2. The number of benzene rings is 8. The monoisotopic (exact) mass is 660 g/mol. The number of aromatic nitrogens is 4. The molecule has 0 spiro atoms. The van der Waals surface area contributed by atoms with Crippen LogP contribution in [0.2, 0.25) is 0 Å². The minimum absolute atomic E-state index is 0.665. The molecule has 0 saturated heterocycles. The van der Waals surface area contributed by atoms with E-state index < -0.39 is 0 Å². The smallest absolute Gasteiger partial charge is 0.235 e. The molecule has 0 radical (unpaired) electrons. The minimum Gasteiger partial charge on any atom is -0.308 e. The lowest BCUT2D eigenvalue weighted by molar-refractivity contribution is 1.01. The van der Waals surface area contributed by atoms with Crippen LogP contribution < -0.4 is 0 Å². The zero-order chi connectivity index (χ0) is 33.9. The predicted octanol–water partition coefficient (Wildman–Crippen LogP) is 12.4. The van der Waals surface area contributed by atoms with E-state index in [1.54, 1.807) is 0 Å². The third-order valence-corrected chi connectivity index (χ3v) is 11.0. The highest BCUT2D eigenvalue weighted by molar-refractivity contribution is 6.38. The van der Waals surface area contributed by atoms with Gasteiger partial charge in [0.25, 0.3) is 0 Å². The molecule has 0 aliphatic heterocycles. The first-order valence-corrected chi connectivity index (χ1v) is 17.8. The lowest BCUT2D eigenvalue weighted by Gasteiger charge is -2.12. The first-order valence-electron chi connectivity index (χ1n) is 17.8. The highest BCUT2D eigenvalue weighted by atomic mass is 15.2. The van der Waals surface area contributed by atoms with Gasteiger partial charge in [0.05, 0.1) is 38.8 Å². The Hall–Kier alpha value is -7.04. The molecule has 0 atom stereocenters. The molecule has 0 amide bonds. The molecule has 12 rings (SSSR count). The molecule has 0 aliphatic carbocycles. The van der Waals surface area contributed by atoms with Crippen LogP contribution in [0, 0.1) is 0 Å². The van der Waals surface area contributed by atoms with Gasteiger partial charge in [-0.3, -0.25) is 4.57 Å². The summed E-state index contributed by atoms with van der Waals surface area (Å²) in [6.07, 6.45) is 0. The van der Waals surface area contributed by atoms with Gasteiger partial charge in [-0.2, -0.15) is 0 Å². The fraction of sp³-hybridized carbons (Fsp3) is 0. The summed E-state index contributed by atoms with van der Waals surface area (Å²) in [6, 6.07) is 60.9. The Labute approximate surface area is 297 Å². The molecule has 0 unspecified atom stereocenters. The zero-order valence-electron chi connectivity index (χ0n) is 28.0. The molecule has 8 aromatic carbocycles. The maximum absolute atomic E-state index is 5.46. The van der Waals surface area contributed by atoms with E-state index in [-0.39, 0.29) is 0 Å². The topological polar surface area (TPSA) is 35.1 Å². The average molecular weight is 661 g/mol. The average Bonchev–Trinajstić information content (AvgIpc) is 3.85. The van der Waals surface area contributed by atoms with Crippen molar-refractivity contribution < 1.29 is 0 Å². The number of hydrogen-bond donors (Lipinski definition) is 0. The van der Waals surface area contributed by atoms with Crippen LogP contribution in [0.4, 0.5) is 0 Å². The van der Waals surface area contributed by atoms with Crippen molar-refractivity contribution in [2.24, 2.45) is 0 Å². The summed E-state index contributed by atoms with van der Waals surface area (Å²) in [4.78, 5) is 10.8. The maximum Gasteiger partial charge on any atom is 0.235 e. The molecule has 12 aromatic rings. The van der Waals surface area contributed by atoms with Gasteiger partial charge in [0.15, 0.2) is 0 Å². The van der Waals surface area contributed by atoms with Crippen molar-refractivity contribution in [3.63, 3.8) is 0 Å². The summed E-state index contributed by atoms with van der Waals surface area (Å²) in [5, 5.41) is 11.0. The van der Waals surface area contributed by atoms with E-state index in [0.29, 0.717) is 5.95 Å². The fourth-order valence-electron chi connectivity index (χ4n) is 8.83. The Morgan fingerprint density at radius 3 is 1.85 bits per heavy atom. The third kappa shape index (κ3) is 3.65. The Morgan fingerprint density at radius 2 is 1.00 bits per heavy atom. The Bertz CT molecular complexity index is 3390. The summed E-state index contributed by atoms with van der Waals surface area (Å²) in [5.41, 5.74) is 11.2. The second-order valence-electron chi connectivity index (χ2n) is 13.8. The van der Waals surface area contributed by atoms with E-state index in [1.807, 2.05) is 0 Å². The molecule has 0 saturated carbocycles. The van der Waals surface area contributed by atoms with E-state index >= 15 is 0 Å². The van der Waals surface area contributed by atoms with Gasteiger partial charge in [-0.05, 0) is 52.2 Å². The van der Waals surface area contributed by atoms with Crippen molar-refractivity contribution in [2.75, 3.05) is 0 Å². The van der Waals surface area contributed by atoms with Crippen molar-refractivity contribution in [3.05, 3.63) is 170 Å². The summed E-state index contributed by atoms with van der Waals surface area (Å²) < 4.78 is 4.78.